The first-order valence-electron chi connectivity index (χ1n) is 1.81. The monoisotopic (exact) mass is 114 g/mol. The Morgan fingerprint density at radius 2 is 2.57 bits per heavy atom. The fourth-order valence-electron chi connectivity index (χ4n) is 0.160. The van der Waals surface area contributed by atoms with Crippen LogP contribution in [0, 0.1) is 11.3 Å². The number of allylic oxidation sites excluding steroid dienone is 2. The summed E-state index contributed by atoms with van der Waals surface area (Å²) >= 11 is 0. The number of hydrogen-bond donors (Lipinski definition) is 0. The van der Waals surface area contributed by atoms with Crippen LogP contribution in [-0.4, -0.2) is 6.16 Å². The molecule has 0 heterocycles. The van der Waals surface area contributed by atoms with E-state index in [1.807, 2.05) is 0 Å². The molecule has 2 nitrogen and oxygen atoms in total. The molecule has 0 spiro atoms. The second-order valence-corrected chi connectivity index (χ2v) is 1.58. The van der Waals surface area contributed by atoms with Crippen molar-refractivity contribution in [2.24, 2.45) is 0 Å². The van der Waals surface area contributed by atoms with Crippen molar-refractivity contribution in [1.82, 2.24) is 0 Å². The van der Waals surface area contributed by atoms with Crippen LogP contribution in [-0.2, 0) is 4.57 Å². The normalized spacial score (nSPS) is 9.57. The van der Waals surface area contributed by atoms with Crippen LogP contribution in [0.15, 0.2) is 12.2 Å². The molecule has 0 aromatic rings. The average Bonchev–Trinajstić information content (AvgIpc) is 1.69. The number of hydrogen-bond acceptors (Lipinski definition) is 2. The Morgan fingerprint density at radius 3 is 3.00 bits per heavy atom. The maximum Gasteiger partial charge on any atom is 0.328 e. The number of nitriles is 1. The van der Waals surface area contributed by atoms with Gasteiger partial charge in [-0.2, -0.15) is 5.26 Å². The molecule has 1 unspecified atom stereocenters. The summed E-state index contributed by atoms with van der Waals surface area (Å²) in [5.41, 5.74) is 0. The highest BCUT2D eigenvalue weighted by atomic mass is 31.1. The summed E-state index contributed by atoms with van der Waals surface area (Å²) in [7, 11) is -0.320. The topological polar surface area (TPSA) is 40.9 Å². The van der Waals surface area contributed by atoms with Gasteiger partial charge >= 0.3 is 8.46 Å². The molecule has 0 aliphatic heterocycles. The van der Waals surface area contributed by atoms with Crippen LogP contribution in [0.1, 0.15) is 0 Å². The molecule has 3 heteroatoms. The molecule has 0 amide bonds. The van der Waals surface area contributed by atoms with E-state index in [0.717, 1.165) is 0 Å². The van der Waals surface area contributed by atoms with Gasteiger partial charge in [0.05, 0.1) is 6.07 Å². The summed E-state index contributed by atoms with van der Waals surface area (Å²) in [5, 5.41) is 7.86. The van der Waals surface area contributed by atoms with Gasteiger partial charge in [-0.25, -0.2) is 0 Å². The van der Waals surface area contributed by atoms with Gasteiger partial charge in [0.15, 0.2) is 6.16 Å². The largest absolute Gasteiger partial charge is 0.328 e. The molecular weight excluding hydrogens is 109 g/mol. The third-order valence-electron chi connectivity index (χ3n) is 0.394. The third kappa shape index (κ3) is 5.33. The molecule has 0 saturated carbocycles. The quantitative estimate of drug-likeness (QED) is 0.398. The van der Waals surface area contributed by atoms with E-state index >= 15 is 0 Å². The minimum absolute atomic E-state index is 0.320. The summed E-state index contributed by atoms with van der Waals surface area (Å²) in [4.78, 5) is 0. The minimum atomic E-state index is -0.320. The van der Waals surface area contributed by atoms with E-state index in [9.17, 15) is 4.57 Å². The summed E-state index contributed by atoms with van der Waals surface area (Å²) in [6.45, 7) is 0. The summed E-state index contributed by atoms with van der Waals surface area (Å²) < 4.78 is 9.67. The van der Waals surface area contributed by atoms with Gasteiger partial charge < -0.3 is 0 Å². The van der Waals surface area contributed by atoms with Gasteiger partial charge in [-0.15, -0.1) is 0 Å². The highest BCUT2D eigenvalue weighted by Crippen LogP contribution is 1.88. The molecule has 0 aliphatic carbocycles. The Balaban J connectivity index is 3.14. The summed E-state index contributed by atoms with van der Waals surface area (Å²) in [5.74, 6) is 0. The van der Waals surface area contributed by atoms with Gasteiger partial charge in [-0.05, 0) is 6.08 Å². The van der Waals surface area contributed by atoms with E-state index in [2.05, 4.69) is 0 Å². The zero-order chi connectivity index (χ0) is 5.54. The van der Waals surface area contributed by atoms with Gasteiger partial charge in [0.2, 0.25) is 0 Å². The molecule has 1 atom stereocenters. The highest BCUT2D eigenvalue weighted by molar-refractivity contribution is 7.23. The molecular formula is C4H5NOP+. The van der Waals surface area contributed by atoms with Crippen molar-refractivity contribution in [1.29, 1.82) is 5.26 Å². The van der Waals surface area contributed by atoms with Crippen LogP contribution >= 0.6 is 8.46 Å². The van der Waals surface area contributed by atoms with Gasteiger partial charge in [-0.3, -0.25) is 0 Å². The van der Waals surface area contributed by atoms with Crippen molar-refractivity contribution >= 4 is 8.46 Å². The maximum atomic E-state index is 9.67. The molecule has 0 fully saturated rings. The lowest BCUT2D eigenvalue weighted by Crippen LogP contribution is -1.54. The molecule has 0 aromatic carbocycles. The predicted octanol–water partition coefficient (Wildman–Crippen LogP) is 1.09. The molecule has 0 saturated heterocycles. The number of rotatable bonds is 2. The smallest absolute Gasteiger partial charge is 0.193 e. The van der Waals surface area contributed by atoms with Gasteiger partial charge in [0.25, 0.3) is 0 Å². The lowest BCUT2D eigenvalue weighted by atomic mass is 10.6. The van der Waals surface area contributed by atoms with Crippen LogP contribution in [0.3, 0.4) is 0 Å². The van der Waals surface area contributed by atoms with Crippen LogP contribution in [0.25, 0.3) is 0 Å². The minimum Gasteiger partial charge on any atom is -0.193 e. The van der Waals surface area contributed by atoms with Crippen LogP contribution < -0.4 is 0 Å². The zero-order valence-electron chi connectivity index (χ0n) is 3.72. The SMILES string of the molecule is N#CC=CC[PH+]=O. The van der Waals surface area contributed by atoms with Crippen LogP contribution in [0.5, 0.6) is 0 Å². The average molecular weight is 114 g/mol. The molecule has 7 heavy (non-hydrogen) atoms. The molecule has 0 aromatic heterocycles. The Bertz CT molecular complexity index is 113. The van der Waals surface area contributed by atoms with Crippen molar-refractivity contribution in [3.63, 3.8) is 0 Å². The fourth-order valence-corrected chi connectivity index (χ4v) is 0.374. The van der Waals surface area contributed by atoms with Crippen LogP contribution in [0.4, 0.5) is 0 Å². The van der Waals surface area contributed by atoms with Crippen molar-refractivity contribution in [3.8, 4) is 6.07 Å². The maximum absolute atomic E-state index is 9.67. The first kappa shape index (κ1) is 6.33. The van der Waals surface area contributed by atoms with Crippen molar-refractivity contribution < 1.29 is 4.57 Å². The van der Waals surface area contributed by atoms with Crippen molar-refractivity contribution in [2.75, 3.05) is 6.16 Å². The highest BCUT2D eigenvalue weighted by Gasteiger charge is 1.77. The van der Waals surface area contributed by atoms with E-state index < -0.39 is 0 Å². The van der Waals surface area contributed by atoms with Crippen molar-refractivity contribution in [3.05, 3.63) is 12.2 Å². The summed E-state index contributed by atoms with van der Waals surface area (Å²) in [6.07, 6.45) is 3.39. The Hall–Kier alpha value is -0.670. The third-order valence-corrected chi connectivity index (χ3v) is 0.796. The fraction of sp³-hybridized carbons (Fsp3) is 0.250. The molecule has 0 rings (SSSR count). The standard InChI is InChI=1S/C4H4NOP/c5-3-1-2-4-7-6/h1-2H,4H2/p+1. The number of nitrogens with zero attached hydrogens (tertiary/aromatic N) is 1. The van der Waals surface area contributed by atoms with Crippen molar-refractivity contribution in [2.45, 2.75) is 0 Å². The second kappa shape index (κ2) is 5.33. The first-order valence-corrected chi connectivity index (χ1v) is 2.93. The van der Waals surface area contributed by atoms with Crippen LogP contribution in [0.2, 0.25) is 0 Å². The van der Waals surface area contributed by atoms with E-state index in [4.69, 9.17) is 5.26 Å². The van der Waals surface area contributed by atoms with E-state index in [-0.39, 0.29) is 8.46 Å². The lowest BCUT2D eigenvalue weighted by Gasteiger charge is -1.55. The lowest BCUT2D eigenvalue weighted by molar-refractivity contribution is 0.600. The molecule has 0 N–H and O–H groups in total. The second-order valence-electron chi connectivity index (χ2n) is 0.880. The summed E-state index contributed by atoms with van der Waals surface area (Å²) in [6, 6.07) is 1.79. The van der Waals surface area contributed by atoms with Gasteiger partial charge in [-0.1, -0.05) is 4.57 Å². The Labute approximate surface area is 43.7 Å². The Morgan fingerprint density at radius 1 is 1.86 bits per heavy atom. The zero-order valence-corrected chi connectivity index (χ0v) is 4.72. The predicted molar refractivity (Wildman–Crippen MR) is 28.6 cm³/mol. The molecule has 0 bridgehead atoms. The van der Waals surface area contributed by atoms with E-state index in [0.29, 0.717) is 6.16 Å². The Kier molecular flexibility index (Phi) is 4.82. The van der Waals surface area contributed by atoms with Gasteiger partial charge in [0.1, 0.15) is 0 Å². The van der Waals surface area contributed by atoms with Gasteiger partial charge in [0, 0.05) is 6.08 Å². The van der Waals surface area contributed by atoms with E-state index in [1.54, 1.807) is 12.1 Å². The van der Waals surface area contributed by atoms with E-state index in [1.165, 1.54) is 6.08 Å². The molecule has 0 aliphatic rings. The molecule has 36 valence electrons. The first-order chi connectivity index (χ1) is 3.41. The molecule has 0 radical (unpaired) electrons.